The fourth-order valence-electron chi connectivity index (χ4n) is 1.71. The molecule has 1 aliphatic rings. The Hall–Kier alpha value is -1.27. The van der Waals surface area contributed by atoms with Gasteiger partial charge in [0.25, 0.3) is 0 Å². The van der Waals surface area contributed by atoms with Gasteiger partial charge in [-0.15, -0.1) is 11.8 Å². The number of hydrogen-bond donors (Lipinski definition) is 2. The van der Waals surface area contributed by atoms with Gasteiger partial charge in [0.15, 0.2) is 5.84 Å². The Kier molecular flexibility index (Phi) is 3.54. The van der Waals surface area contributed by atoms with Gasteiger partial charge in [-0.05, 0) is 19.9 Å². The third-order valence-corrected chi connectivity index (χ3v) is 3.74. The molecule has 92 valence electrons. The summed E-state index contributed by atoms with van der Waals surface area (Å²) in [4.78, 5) is 5.34. The highest BCUT2D eigenvalue weighted by atomic mass is 32.2. The van der Waals surface area contributed by atoms with Gasteiger partial charge < -0.3 is 15.7 Å². The van der Waals surface area contributed by atoms with Crippen LogP contribution < -0.4 is 5.73 Å². The molecule has 5 nitrogen and oxygen atoms in total. The quantitative estimate of drug-likeness (QED) is 0.367. The largest absolute Gasteiger partial charge is 0.409 e. The molecule has 2 rings (SSSR count). The second-order valence-electron chi connectivity index (χ2n) is 3.98. The van der Waals surface area contributed by atoms with Crippen LogP contribution in [-0.4, -0.2) is 34.5 Å². The molecule has 1 aromatic rings. The monoisotopic (exact) mass is 253 g/mol. The van der Waals surface area contributed by atoms with Crippen molar-refractivity contribution in [2.75, 3.05) is 13.2 Å². The average Bonchev–Trinajstić information content (AvgIpc) is 2.22. The lowest BCUT2D eigenvalue weighted by Gasteiger charge is -2.26. The number of oxime groups is 1. The van der Waals surface area contributed by atoms with Crippen molar-refractivity contribution >= 4 is 17.6 Å². The van der Waals surface area contributed by atoms with Crippen molar-refractivity contribution in [1.29, 1.82) is 0 Å². The molecule has 1 aromatic heterocycles. The maximum Gasteiger partial charge on any atom is 0.173 e. The van der Waals surface area contributed by atoms with Gasteiger partial charge in [-0.3, -0.25) is 4.98 Å². The fraction of sp³-hybridized carbons (Fsp3) is 0.455. The van der Waals surface area contributed by atoms with Crippen molar-refractivity contribution in [3.05, 3.63) is 23.0 Å². The third kappa shape index (κ3) is 2.53. The van der Waals surface area contributed by atoms with E-state index < -0.39 is 0 Å². The van der Waals surface area contributed by atoms with E-state index in [0.29, 0.717) is 5.25 Å². The first kappa shape index (κ1) is 12.2. The second-order valence-corrected chi connectivity index (χ2v) is 5.33. The van der Waals surface area contributed by atoms with Crippen LogP contribution in [0.4, 0.5) is 0 Å². The van der Waals surface area contributed by atoms with Gasteiger partial charge in [0.1, 0.15) is 0 Å². The van der Waals surface area contributed by atoms with Crippen molar-refractivity contribution in [3.63, 3.8) is 0 Å². The molecule has 1 saturated heterocycles. The standard InChI is InChI=1S/C11H15N3O2S/c1-6-3-9(17-8-4-16-5-8)10(7(2)13-6)11(12)14-15/h3,8,15H,4-5H2,1-2H3,(H2,12,14). The van der Waals surface area contributed by atoms with Gasteiger partial charge in [0.2, 0.25) is 0 Å². The van der Waals surface area contributed by atoms with Crippen LogP contribution in [0.5, 0.6) is 0 Å². The lowest BCUT2D eigenvalue weighted by Crippen LogP contribution is -2.30. The minimum atomic E-state index is 0.109. The van der Waals surface area contributed by atoms with Gasteiger partial charge in [-0.25, -0.2) is 0 Å². The first-order valence-electron chi connectivity index (χ1n) is 5.32. The van der Waals surface area contributed by atoms with Crippen LogP contribution in [0.15, 0.2) is 16.1 Å². The van der Waals surface area contributed by atoms with Crippen molar-refractivity contribution in [2.45, 2.75) is 24.0 Å². The molecule has 0 spiro atoms. The lowest BCUT2D eigenvalue weighted by atomic mass is 10.1. The van der Waals surface area contributed by atoms with Crippen LogP contribution in [0.25, 0.3) is 0 Å². The zero-order valence-electron chi connectivity index (χ0n) is 9.80. The number of ether oxygens (including phenoxy) is 1. The Balaban J connectivity index is 2.39. The van der Waals surface area contributed by atoms with E-state index >= 15 is 0 Å². The van der Waals surface area contributed by atoms with Crippen molar-refractivity contribution in [2.24, 2.45) is 10.9 Å². The molecule has 0 amide bonds. The molecule has 0 bridgehead atoms. The van der Waals surface area contributed by atoms with Gasteiger partial charge in [0.05, 0.1) is 24.0 Å². The van der Waals surface area contributed by atoms with Gasteiger partial charge in [0, 0.05) is 16.3 Å². The summed E-state index contributed by atoms with van der Waals surface area (Å²) in [5.41, 5.74) is 8.13. The Labute approximate surface area is 104 Å². The number of amidine groups is 1. The van der Waals surface area contributed by atoms with E-state index in [4.69, 9.17) is 15.7 Å². The number of nitrogens with zero attached hydrogens (tertiary/aromatic N) is 2. The predicted octanol–water partition coefficient (Wildman–Crippen LogP) is 1.28. The summed E-state index contributed by atoms with van der Waals surface area (Å²) in [7, 11) is 0. The van der Waals surface area contributed by atoms with Crippen LogP contribution in [0.2, 0.25) is 0 Å². The average molecular weight is 253 g/mol. The molecule has 6 heteroatoms. The SMILES string of the molecule is Cc1cc(SC2COC2)c(/C(N)=N/O)c(C)n1. The topological polar surface area (TPSA) is 80.7 Å². The zero-order valence-corrected chi connectivity index (χ0v) is 10.6. The summed E-state index contributed by atoms with van der Waals surface area (Å²) in [6.45, 7) is 5.30. The molecular weight excluding hydrogens is 238 g/mol. The van der Waals surface area contributed by atoms with Crippen molar-refractivity contribution < 1.29 is 9.94 Å². The Bertz CT molecular complexity index is 458. The van der Waals surface area contributed by atoms with E-state index in [2.05, 4.69) is 10.1 Å². The van der Waals surface area contributed by atoms with E-state index in [1.165, 1.54) is 0 Å². The summed E-state index contributed by atoms with van der Waals surface area (Å²) in [6.07, 6.45) is 0. The number of thioether (sulfide) groups is 1. The normalized spacial score (nSPS) is 16.9. The minimum Gasteiger partial charge on any atom is -0.409 e. The van der Waals surface area contributed by atoms with Crippen LogP contribution in [0.1, 0.15) is 17.0 Å². The molecule has 0 unspecified atom stereocenters. The maximum atomic E-state index is 8.81. The van der Waals surface area contributed by atoms with Gasteiger partial charge >= 0.3 is 0 Å². The summed E-state index contributed by atoms with van der Waals surface area (Å²) >= 11 is 1.69. The molecule has 1 aliphatic heterocycles. The number of rotatable bonds is 3. The number of pyridine rings is 1. The van der Waals surface area contributed by atoms with Crippen molar-refractivity contribution in [1.82, 2.24) is 4.98 Å². The highest BCUT2D eigenvalue weighted by Crippen LogP contribution is 2.32. The third-order valence-electron chi connectivity index (χ3n) is 2.56. The van der Waals surface area contributed by atoms with E-state index in [1.807, 2.05) is 19.9 Å². The van der Waals surface area contributed by atoms with E-state index in [9.17, 15) is 0 Å². The first-order chi connectivity index (χ1) is 8.11. The molecule has 0 aliphatic carbocycles. The highest BCUT2D eigenvalue weighted by Gasteiger charge is 2.23. The van der Waals surface area contributed by atoms with Crippen molar-refractivity contribution in [3.8, 4) is 0 Å². The zero-order chi connectivity index (χ0) is 12.4. The van der Waals surface area contributed by atoms with Gasteiger partial charge in [-0.2, -0.15) is 0 Å². The summed E-state index contributed by atoms with van der Waals surface area (Å²) in [5, 5.41) is 12.3. The first-order valence-corrected chi connectivity index (χ1v) is 6.20. The maximum absolute atomic E-state index is 8.81. The minimum absolute atomic E-state index is 0.109. The molecular formula is C11H15N3O2S. The molecule has 2 heterocycles. The smallest absolute Gasteiger partial charge is 0.173 e. The molecule has 0 aromatic carbocycles. The summed E-state index contributed by atoms with van der Waals surface area (Å²) in [5.74, 6) is 0.109. The van der Waals surface area contributed by atoms with Crippen LogP contribution >= 0.6 is 11.8 Å². The predicted molar refractivity (Wildman–Crippen MR) is 66.7 cm³/mol. The van der Waals surface area contributed by atoms with E-state index in [1.54, 1.807) is 11.8 Å². The van der Waals surface area contributed by atoms with E-state index in [0.717, 1.165) is 35.1 Å². The number of aryl methyl sites for hydroxylation is 2. The molecule has 17 heavy (non-hydrogen) atoms. The van der Waals surface area contributed by atoms with Gasteiger partial charge in [-0.1, -0.05) is 5.16 Å². The number of hydrogen-bond acceptors (Lipinski definition) is 5. The Morgan fingerprint density at radius 2 is 2.29 bits per heavy atom. The molecule has 0 saturated carbocycles. The van der Waals surface area contributed by atoms with E-state index in [-0.39, 0.29) is 5.84 Å². The van der Waals surface area contributed by atoms with Crippen LogP contribution in [0, 0.1) is 13.8 Å². The fourth-order valence-corrected chi connectivity index (χ4v) is 3.01. The Morgan fingerprint density at radius 1 is 1.59 bits per heavy atom. The molecule has 0 atom stereocenters. The Morgan fingerprint density at radius 3 is 2.82 bits per heavy atom. The molecule has 1 fully saturated rings. The summed E-state index contributed by atoms with van der Waals surface area (Å²) < 4.78 is 5.15. The molecule has 3 N–H and O–H groups in total. The number of nitrogens with two attached hydrogens (primary N) is 1. The summed E-state index contributed by atoms with van der Waals surface area (Å²) in [6, 6.07) is 1.96. The highest BCUT2D eigenvalue weighted by molar-refractivity contribution is 8.00. The van der Waals surface area contributed by atoms with Crippen LogP contribution in [0.3, 0.4) is 0 Å². The second kappa shape index (κ2) is 4.93. The lowest BCUT2D eigenvalue weighted by molar-refractivity contribution is 0.0455. The van der Waals surface area contributed by atoms with Crippen LogP contribution in [-0.2, 0) is 4.74 Å². The number of aromatic nitrogens is 1. The molecule has 0 radical (unpaired) electrons.